The maximum absolute atomic E-state index is 13.6. The lowest BCUT2D eigenvalue weighted by molar-refractivity contribution is -0.120. The quantitative estimate of drug-likeness (QED) is 0.755. The first kappa shape index (κ1) is 15.4. The van der Waals surface area contributed by atoms with Gasteiger partial charge in [-0.2, -0.15) is 0 Å². The third-order valence-electron chi connectivity index (χ3n) is 2.58. The molecule has 6 nitrogen and oxygen atoms in total. The molecule has 3 N–H and O–H groups in total. The van der Waals surface area contributed by atoms with Crippen molar-refractivity contribution >= 4 is 21.6 Å². The van der Waals surface area contributed by atoms with Gasteiger partial charge in [0.1, 0.15) is 10.7 Å². The van der Waals surface area contributed by atoms with Crippen LogP contribution in [0.3, 0.4) is 0 Å². The number of sulfonamides is 1. The van der Waals surface area contributed by atoms with Crippen LogP contribution in [0.25, 0.3) is 0 Å². The molecule has 0 fully saturated rings. The smallest absolute Gasteiger partial charge is 0.245 e. The Balaban J connectivity index is 2.94. The molecule has 0 heterocycles. The lowest BCUT2D eigenvalue weighted by Gasteiger charge is -2.17. The summed E-state index contributed by atoms with van der Waals surface area (Å²) in [4.78, 5) is 10.6. The van der Waals surface area contributed by atoms with Crippen LogP contribution in [0.1, 0.15) is 6.42 Å². The minimum Gasteiger partial charge on any atom is -0.399 e. The molecule has 0 unspecified atom stereocenters. The molecule has 1 rings (SSSR count). The predicted molar refractivity (Wildman–Crippen MR) is 69.3 cm³/mol. The lowest BCUT2D eigenvalue weighted by Crippen LogP contribution is -2.32. The van der Waals surface area contributed by atoms with Gasteiger partial charge in [0, 0.05) is 32.7 Å². The van der Waals surface area contributed by atoms with Crippen molar-refractivity contribution in [3.05, 3.63) is 24.0 Å². The molecular formula is C11H16FN3O3S. The third-order valence-corrected chi connectivity index (χ3v) is 4.47. The molecule has 0 aliphatic rings. The summed E-state index contributed by atoms with van der Waals surface area (Å²) in [6.07, 6.45) is 0.00280. The number of carbonyl (C=O) groups is 1. The average Bonchev–Trinajstić information content (AvgIpc) is 2.34. The number of amides is 1. The number of hydrogen-bond acceptors (Lipinski definition) is 4. The molecule has 8 heteroatoms. The Morgan fingerprint density at radius 3 is 2.63 bits per heavy atom. The van der Waals surface area contributed by atoms with Gasteiger partial charge in [-0.1, -0.05) is 0 Å². The zero-order valence-corrected chi connectivity index (χ0v) is 11.5. The highest BCUT2D eigenvalue weighted by molar-refractivity contribution is 7.89. The van der Waals surface area contributed by atoms with Crippen LogP contribution in [0, 0.1) is 5.82 Å². The number of anilines is 1. The van der Waals surface area contributed by atoms with Crippen LogP contribution < -0.4 is 11.1 Å². The summed E-state index contributed by atoms with van der Waals surface area (Å²) < 4.78 is 38.7. The number of rotatable bonds is 5. The first-order chi connectivity index (χ1) is 8.78. The lowest BCUT2D eigenvalue weighted by atomic mass is 10.3. The Bertz CT molecular complexity index is 575. The van der Waals surface area contributed by atoms with Gasteiger partial charge in [-0.15, -0.1) is 0 Å². The van der Waals surface area contributed by atoms with E-state index in [0.29, 0.717) is 0 Å². The Morgan fingerprint density at radius 2 is 2.11 bits per heavy atom. The number of benzene rings is 1. The normalized spacial score (nSPS) is 11.6. The minimum atomic E-state index is -3.97. The number of nitrogens with zero attached hydrogens (tertiary/aromatic N) is 1. The highest BCUT2D eigenvalue weighted by Crippen LogP contribution is 2.20. The van der Waals surface area contributed by atoms with Crippen molar-refractivity contribution in [2.75, 3.05) is 26.4 Å². The van der Waals surface area contributed by atoms with E-state index in [0.717, 1.165) is 16.4 Å². The molecule has 1 aromatic carbocycles. The summed E-state index contributed by atoms with van der Waals surface area (Å²) in [6, 6.07) is 3.36. The van der Waals surface area contributed by atoms with Crippen molar-refractivity contribution in [3.63, 3.8) is 0 Å². The topological polar surface area (TPSA) is 92.5 Å². The van der Waals surface area contributed by atoms with Crippen LogP contribution in [-0.4, -0.2) is 39.3 Å². The van der Waals surface area contributed by atoms with E-state index < -0.39 is 20.7 Å². The second kappa shape index (κ2) is 5.98. The van der Waals surface area contributed by atoms with Crippen LogP contribution in [0.15, 0.2) is 23.1 Å². The van der Waals surface area contributed by atoms with Gasteiger partial charge >= 0.3 is 0 Å². The van der Waals surface area contributed by atoms with Gasteiger partial charge < -0.3 is 11.1 Å². The van der Waals surface area contributed by atoms with Crippen LogP contribution in [0.2, 0.25) is 0 Å². The van der Waals surface area contributed by atoms with Crippen molar-refractivity contribution in [3.8, 4) is 0 Å². The summed E-state index contributed by atoms with van der Waals surface area (Å²) in [6.45, 7) is -0.0359. The van der Waals surface area contributed by atoms with E-state index >= 15 is 0 Å². The SMILES string of the molecule is CNC(=O)CCN(C)S(=O)(=O)c1ccc(N)cc1F. The number of nitrogen functional groups attached to an aromatic ring is 1. The fraction of sp³-hybridized carbons (Fsp3) is 0.364. The highest BCUT2D eigenvalue weighted by atomic mass is 32.2. The molecule has 19 heavy (non-hydrogen) atoms. The summed E-state index contributed by atoms with van der Waals surface area (Å²) >= 11 is 0. The average molecular weight is 289 g/mol. The summed E-state index contributed by atoms with van der Waals surface area (Å²) in [5.41, 5.74) is 5.50. The highest BCUT2D eigenvalue weighted by Gasteiger charge is 2.24. The Kier molecular flexibility index (Phi) is 4.84. The second-order valence-electron chi connectivity index (χ2n) is 3.94. The number of nitrogens with one attached hydrogen (secondary N) is 1. The molecule has 0 aliphatic carbocycles. The molecule has 0 saturated heterocycles. The van der Waals surface area contributed by atoms with Crippen LogP contribution >= 0.6 is 0 Å². The summed E-state index contributed by atoms with van der Waals surface area (Å²) in [7, 11) is -1.23. The maximum Gasteiger partial charge on any atom is 0.245 e. The monoisotopic (exact) mass is 289 g/mol. The summed E-state index contributed by atoms with van der Waals surface area (Å²) in [5.74, 6) is -1.20. The van der Waals surface area contributed by atoms with E-state index in [1.165, 1.54) is 20.2 Å². The Morgan fingerprint density at radius 1 is 1.47 bits per heavy atom. The molecule has 0 saturated carbocycles. The molecule has 0 spiro atoms. The molecule has 0 bridgehead atoms. The Hall–Kier alpha value is -1.67. The molecule has 1 aromatic rings. The number of hydrogen-bond donors (Lipinski definition) is 2. The van der Waals surface area contributed by atoms with Gasteiger partial charge in [0.25, 0.3) is 0 Å². The second-order valence-corrected chi connectivity index (χ2v) is 5.95. The number of nitrogens with two attached hydrogens (primary N) is 1. The van der Waals surface area contributed by atoms with Crippen molar-refractivity contribution in [1.82, 2.24) is 9.62 Å². The van der Waals surface area contributed by atoms with E-state index in [1.54, 1.807) is 0 Å². The van der Waals surface area contributed by atoms with Gasteiger partial charge in [0.15, 0.2) is 0 Å². The van der Waals surface area contributed by atoms with Crippen molar-refractivity contribution in [1.29, 1.82) is 0 Å². The standard InChI is InChI=1S/C11H16FN3O3S/c1-14-11(16)5-6-15(2)19(17,18)10-4-3-8(13)7-9(10)12/h3-4,7H,5-6,13H2,1-2H3,(H,14,16). The van der Waals surface area contributed by atoms with Gasteiger partial charge in [-0.05, 0) is 18.2 Å². The van der Waals surface area contributed by atoms with E-state index in [-0.39, 0.29) is 24.6 Å². The van der Waals surface area contributed by atoms with Crippen LogP contribution in [0.4, 0.5) is 10.1 Å². The third kappa shape index (κ3) is 3.65. The van der Waals surface area contributed by atoms with Crippen LogP contribution in [0.5, 0.6) is 0 Å². The van der Waals surface area contributed by atoms with Gasteiger partial charge in [0.2, 0.25) is 15.9 Å². The molecule has 0 aliphatic heterocycles. The molecule has 106 valence electrons. The summed E-state index contributed by atoms with van der Waals surface area (Å²) in [5, 5.41) is 2.38. The fourth-order valence-corrected chi connectivity index (χ4v) is 2.61. The zero-order valence-electron chi connectivity index (χ0n) is 10.7. The van der Waals surface area contributed by atoms with E-state index in [4.69, 9.17) is 5.73 Å². The van der Waals surface area contributed by atoms with Gasteiger partial charge in [-0.25, -0.2) is 17.1 Å². The molecule has 1 amide bonds. The van der Waals surface area contributed by atoms with E-state index in [1.807, 2.05) is 0 Å². The van der Waals surface area contributed by atoms with Crippen molar-refractivity contribution < 1.29 is 17.6 Å². The van der Waals surface area contributed by atoms with Gasteiger partial charge in [0.05, 0.1) is 0 Å². The first-order valence-electron chi connectivity index (χ1n) is 5.51. The van der Waals surface area contributed by atoms with Crippen molar-refractivity contribution in [2.45, 2.75) is 11.3 Å². The van der Waals surface area contributed by atoms with E-state index in [9.17, 15) is 17.6 Å². The van der Waals surface area contributed by atoms with Crippen molar-refractivity contribution in [2.24, 2.45) is 0 Å². The number of carbonyl (C=O) groups excluding carboxylic acids is 1. The molecule has 0 radical (unpaired) electrons. The maximum atomic E-state index is 13.6. The molecule has 0 atom stereocenters. The Labute approximate surface area is 111 Å². The predicted octanol–water partition coefficient (Wildman–Crippen LogP) is 0.165. The zero-order chi connectivity index (χ0) is 14.6. The van der Waals surface area contributed by atoms with Gasteiger partial charge in [-0.3, -0.25) is 4.79 Å². The van der Waals surface area contributed by atoms with E-state index in [2.05, 4.69) is 5.32 Å². The fourth-order valence-electron chi connectivity index (χ4n) is 1.40. The first-order valence-corrected chi connectivity index (χ1v) is 6.95. The molecule has 0 aromatic heterocycles. The minimum absolute atomic E-state index is 0.00280. The number of halogens is 1. The largest absolute Gasteiger partial charge is 0.399 e. The molecular weight excluding hydrogens is 273 g/mol. The van der Waals surface area contributed by atoms with Crippen LogP contribution in [-0.2, 0) is 14.8 Å².